The van der Waals surface area contributed by atoms with Crippen LogP contribution in [0.5, 0.6) is 0 Å². The van der Waals surface area contributed by atoms with E-state index >= 15 is 0 Å². The summed E-state index contributed by atoms with van der Waals surface area (Å²) in [6.07, 6.45) is -4.92. The van der Waals surface area contributed by atoms with Crippen molar-refractivity contribution in [2.24, 2.45) is 0 Å². The Morgan fingerprint density at radius 1 is 1.10 bits per heavy atom. The Hall–Kier alpha value is 0.240. The quantitative estimate of drug-likeness (QED) is 0.690. The lowest BCUT2D eigenvalue weighted by Gasteiger charge is -2.35. The van der Waals surface area contributed by atoms with Crippen LogP contribution < -0.4 is 5.32 Å². The fourth-order valence-corrected chi connectivity index (χ4v) is 2.72. The lowest BCUT2D eigenvalue weighted by molar-refractivity contribution is -0.148. The molecule has 0 spiro atoms. The van der Waals surface area contributed by atoms with Crippen LogP contribution in [0.1, 0.15) is 18.0 Å². The van der Waals surface area contributed by atoms with Crippen molar-refractivity contribution in [3.63, 3.8) is 0 Å². The predicted molar refractivity (Wildman–Crippen MR) is 91.5 cm³/mol. The van der Waals surface area contributed by atoms with Crippen LogP contribution in [0.15, 0.2) is 24.3 Å². The zero-order valence-electron chi connectivity index (χ0n) is 11.2. The molecule has 1 aliphatic rings. The molecule has 0 aromatic heterocycles. The summed E-state index contributed by atoms with van der Waals surface area (Å²) in [5.74, 6) is 0. The van der Waals surface area contributed by atoms with Crippen molar-refractivity contribution in [1.29, 1.82) is 0 Å². The van der Waals surface area contributed by atoms with Crippen LogP contribution in [0.4, 0.5) is 13.2 Å². The Bertz CT molecular complexity index is 409. The molecule has 0 unspecified atom stereocenters. The molecule has 1 fully saturated rings. The smallest absolute Gasteiger partial charge is 0.314 e. The van der Waals surface area contributed by atoms with E-state index in [1.807, 2.05) is 17.0 Å². The van der Waals surface area contributed by atoms with E-state index in [0.717, 1.165) is 22.2 Å². The fraction of sp³-hybridized carbons (Fsp3) is 0.538. The van der Waals surface area contributed by atoms with E-state index in [2.05, 4.69) is 27.9 Å². The van der Waals surface area contributed by atoms with E-state index in [4.69, 9.17) is 0 Å². The van der Waals surface area contributed by atoms with Gasteiger partial charge in [0.2, 0.25) is 0 Å². The van der Waals surface area contributed by atoms with E-state index in [9.17, 15) is 13.2 Å². The van der Waals surface area contributed by atoms with Gasteiger partial charge in [-0.25, -0.2) is 0 Å². The summed E-state index contributed by atoms with van der Waals surface area (Å²) in [5, 5.41) is 3.17. The van der Waals surface area contributed by atoms with Crippen molar-refractivity contribution in [3.05, 3.63) is 33.4 Å². The second kappa shape index (κ2) is 9.39. The minimum Gasteiger partial charge on any atom is -0.314 e. The van der Waals surface area contributed by atoms with Gasteiger partial charge in [-0.2, -0.15) is 13.2 Å². The highest BCUT2D eigenvalue weighted by Crippen LogP contribution is 2.34. The second-order valence-electron chi connectivity index (χ2n) is 4.67. The third-order valence-electron chi connectivity index (χ3n) is 3.27. The van der Waals surface area contributed by atoms with Crippen molar-refractivity contribution >= 4 is 47.4 Å². The summed E-state index contributed by atoms with van der Waals surface area (Å²) in [6.45, 7) is 2.82. The summed E-state index contributed by atoms with van der Waals surface area (Å²) in [7, 11) is 0. The van der Waals surface area contributed by atoms with Gasteiger partial charge in [0.25, 0.3) is 0 Å². The van der Waals surface area contributed by atoms with Gasteiger partial charge in [-0.1, -0.05) is 12.1 Å². The highest BCUT2D eigenvalue weighted by atomic mass is 127. The van der Waals surface area contributed by atoms with Crippen molar-refractivity contribution in [2.75, 3.05) is 26.2 Å². The molecule has 2 nitrogen and oxygen atoms in total. The summed E-state index contributed by atoms with van der Waals surface area (Å²) in [4.78, 5) is 1.92. The molecule has 1 saturated heterocycles. The third kappa shape index (κ3) is 6.90. The predicted octanol–water partition coefficient (Wildman–Crippen LogP) is 4.03. The van der Waals surface area contributed by atoms with Gasteiger partial charge in [-0.05, 0) is 40.3 Å². The number of nitrogens with one attached hydrogen (secondary N) is 1. The molecule has 1 N–H and O–H groups in total. The molecule has 0 radical (unpaired) electrons. The number of nitrogens with zero attached hydrogens (tertiary/aromatic N) is 1. The zero-order valence-corrected chi connectivity index (χ0v) is 15.0. The molecule has 0 amide bonds. The number of hydrogen-bond donors (Lipinski definition) is 1. The largest absolute Gasteiger partial charge is 0.390 e. The molecule has 2 rings (SSSR count). The molecule has 0 aliphatic carbocycles. The van der Waals surface area contributed by atoms with Crippen molar-refractivity contribution in [3.8, 4) is 0 Å². The molecule has 21 heavy (non-hydrogen) atoms. The highest BCUT2D eigenvalue weighted by Gasteiger charge is 2.35. The van der Waals surface area contributed by atoms with Crippen LogP contribution in [0.25, 0.3) is 0 Å². The van der Waals surface area contributed by atoms with Gasteiger partial charge in [-0.3, -0.25) is 4.90 Å². The zero-order chi connectivity index (χ0) is 13.9. The average Bonchev–Trinajstić information content (AvgIpc) is 2.37. The highest BCUT2D eigenvalue weighted by molar-refractivity contribution is 14.1. The van der Waals surface area contributed by atoms with E-state index in [0.29, 0.717) is 13.1 Å². The van der Waals surface area contributed by atoms with Gasteiger partial charge in [0.05, 0.1) is 6.42 Å². The van der Waals surface area contributed by atoms with Crippen LogP contribution in [-0.2, 0) is 0 Å². The van der Waals surface area contributed by atoms with Crippen molar-refractivity contribution in [1.82, 2.24) is 10.2 Å². The Kier molecular flexibility index (Phi) is 9.50. The standard InChI is InChI=1S/C13H16F3IN2.2ClH/c14-13(15,16)9-12(19-7-5-18-6-8-19)10-1-3-11(17)4-2-10;;/h1-4,12,18H,5-9H2;2*1H/t12-;;/m1../s1. The van der Waals surface area contributed by atoms with Gasteiger partial charge in [0, 0.05) is 35.8 Å². The van der Waals surface area contributed by atoms with Crippen LogP contribution in [0.2, 0.25) is 0 Å². The lowest BCUT2D eigenvalue weighted by atomic mass is 10.0. The average molecular weight is 457 g/mol. The lowest BCUT2D eigenvalue weighted by Crippen LogP contribution is -2.46. The maximum absolute atomic E-state index is 12.8. The first-order valence-electron chi connectivity index (χ1n) is 6.23. The van der Waals surface area contributed by atoms with Crippen LogP contribution in [0, 0.1) is 3.57 Å². The fourth-order valence-electron chi connectivity index (χ4n) is 2.36. The van der Waals surface area contributed by atoms with Crippen LogP contribution in [-0.4, -0.2) is 37.3 Å². The molecule has 1 aromatic carbocycles. The number of piperazine rings is 1. The third-order valence-corrected chi connectivity index (χ3v) is 3.99. The first-order chi connectivity index (χ1) is 8.96. The molecule has 0 bridgehead atoms. The minimum absolute atomic E-state index is 0. The summed E-state index contributed by atoms with van der Waals surface area (Å²) >= 11 is 2.16. The van der Waals surface area contributed by atoms with Gasteiger partial charge in [-0.15, -0.1) is 24.8 Å². The number of alkyl halides is 3. The minimum atomic E-state index is -4.14. The molecule has 1 heterocycles. The summed E-state index contributed by atoms with van der Waals surface area (Å²) < 4.78 is 39.4. The molecular weight excluding hydrogens is 439 g/mol. The Morgan fingerprint density at radius 2 is 1.62 bits per heavy atom. The topological polar surface area (TPSA) is 15.3 Å². The van der Waals surface area contributed by atoms with E-state index < -0.39 is 18.6 Å². The van der Waals surface area contributed by atoms with Crippen LogP contribution in [0.3, 0.4) is 0 Å². The van der Waals surface area contributed by atoms with E-state index in [1.165, 1.54) is 0 Å². The molecule has 0 saturated carbocycles. The van der Waals surface area contributed by atoms with Crippen molar-refractivity contribution in [2.45, 2.75) is 18.6 Å². The van der Waals surface area contributed by atoms with Gasteiger partial charge in [0.1, 0.15) is 0 Å². The summed E-state index contributed by atoms with van der Waals surface area (Å²) in [6, 6.07) is 6.77. The van der Waals surface area contributed by atoms with Gasteiger partial charge < -0.3 is 5.32 Å². The molecule has 8 heteroatoms. The molecular formula is C13H18Cl2F3IN2. The number of benzene rings is 1. The van der Waals surface area contributed by atoms with Crippen molar-refractivity contribution < 1.29 is 13.2 Å². The van der Waals surface area contributed by atoms with E-state index in [-0.39, 0.29) is 24.8 Å². The second-order valence-corrected chi connectivity index (χ2v) is 5.92. The maximum Gasteiger partial charge on any atom is 0.390 e. The first-order valence-corrected chi connectivity index (χ1v) is 7.30. The molecule has 1 aromatic rings. The van der Waals surface area contributed by atoms with Gasteiger partial charge >= 0.3 is 6.18 Å². The molecule has 1 atom stereocenters. The normalized spacial score (nSPS) is 17.5. The Morgan fingerprint density at radius 3 is 2.10 bits per heavy atom. The van der Waals surface area contributed by atoms with E-state index in [1.54, 1.807) is 12.1 Å². The molecule has 1 aliphatic heterocycles. The van der Waals surface area contributed by atoms with Gasteiger partial charge in [0.15, 0.2) is 0 Å². The molecule has 122 valence electrons. The number of halogens is 6. The Labute approximate surface area is 148 Å². The maximum atomic E-state index is 12.8. The number of hydrogen-bond acceptors (Lipinski definition) is 2. The first kappa shape index (κ1) is 21.2. The Balaban J connectivity index is 0.00000200. The SMILES string of the molecule is Cl.Cl.FC(F)(F)C[C@H](c1ccc(I)cc1)N1CCNCC1. The van der Waals surface area contributed by atoms with Crippen LogP contribution >= 0.6 is 47.4 Å². The monoisotopic (exact) mass is 456 g/mol. The summed E-state index contributed by atoms with van der Waals surface area (Å²) in [5.41, 5.74) is 0.750. The number of rotatable bonds is 3.